The van der Waals surface area contributed by atoms with E-state index in [1.807, 2.05) is 0 Å². The summed E-state index contributed by atoms with van der Waals surface area (Å²) in [6, 6.07) is 0.823. The van der Waals surface area contributed by atoms with Crippen molar-refractivity contribution in [2.24, 2.45) is 22.7 Å². The van der Waals surface area contributed by atoms with Crippen molar-refractivity contribution in [1.82, 2.24) is 9.80 Å². The van der Waals surface area contributed by atoms with E-state index in [4.69, 9.17) is 0 Å². The van der Waals surface area contributed by atoms with Crippen LogP contribution in [-0.2, 0) is 0 Å². The van der Waals surface area contributed by atoms with Gasteiger partial charge in [-0.2, -0.15) is 0 Å². The second-order valence-electron chi connectivity index (χ2n) is 9.91. The summed E-state index contributed by atoms with van der Waals surface area (Å²) in [7, 11) is 0. The van der Waals surface area contributed by atoms with Crippen molar-refractivity contribution in [3.8, 4) is 0 Å². The lowest BCUT2D eigenvalue weighted by molar-refractivity contribution is -0.203. The zero-order valence-corrected chi connectivity index (χ0v) is 15.1. The molecule has 0 radical (unpaired) electrons. The van der Waals surface area contributed by atoms with Gasteiger partial charge in [0.25, 0.3) is 0 Å². The van der Waals surface area contributed by atoms with E-state index in [9.17, 15) is 0 Å². The maximum absolute atomic E-state index is 2.81. The van der Waals surface area contributed by atoms with Gasteiger partial charge in [-0.3, -0.25) is 4.90 Å². The Kier molecular flexibility index (Phi) is 3.85. The second kappa shape index (κ2) is 5.48. The molecule has 4 aliphatic carbocycles. The molecule has 2 heteroatoms. The molecule has 5 aliphatic rings. The predicted molar refractivity (Wildman–Crippen MR) is 93.0 cm³/mol. The Morgan fingerprint density at radius 3 is 2.09 bits per heavy atom. The quantitative estimate of drug-likeness (QED) is 0.774. The normalized spacial score (nSPS) is 47.6. The van der Waals surface area contributed by atoms with Crippen molar-refractivity contribution in [2.45, 2.75) is 71.8 Å². The van der Waals surface area contributed by atoms with Gasteiger partial charge in [0.2, 0.25) is 0 Å². The molecule has 1 saturated heterocycles. The molecule has 1 unspecified atom stereocenters. The Labute approximate surface area is 137 Å². The maximum atomic E-state index is 2.81. The van der Waals surface area contributed by atoms with Crippen LogP contribution in [0.25, 0.3) is 0 Å². The van der Waals surface area contributed by atoms with Crippen molar-refractivity contribution < 1.29 is 0 Å². The highest BCUT2D eigenvalue weighted by Crippen LogP contribution is 2.73. The van der Waals surface area contributed by atoms with Crippen LogP contribution in [0.1, 0.15) is 65.7 Å². The Bertz CT molecular complexity index is 382. The molecule has 0 aromatic rings. The van der Waals surface area contributed by atoms with Crippen LogP contribution in [0.3, 0.4) is 0 Å². The fraction of sp³-hybridized carbons (Fsp3) is 1.00. The van der Waals surface area contributed by atoms with Gasteiger partial charge < -0.3 is 4.90 Å². The van der Waals surface area contributed by atoms with E-state index in [1.165, 1.54) is 77.7 Å². The predicted octanol–water partition coefficient (Wildman–Crippen LogP) is 4.01. The summed E-state index contributed by atoms with van der Waals surface area (Å²) in [6.07, 6.45) is 10.5. The molecule has 1 atom stereocenters. The molecule has 1 heterocycles. The van der Waals surface area contributed by atoms with E-state index in [0.717, 1.165) is 28.7 Å². The molecular weight excluding hydrogens is 268 g/mol. The number of rotatable bonds is 4. The fourth-order valence-electron chi connectivity index (χ4n) is 6.60. The first-order valence-corrected chi connectivity index (χ1v) is 9.94. The number of piperazine rings is 1. The minimum absolute atomic E-state index is 0.766. The van der Waals surface area contributed by atoms with Crippen LogP contribution >= 0.6 is 0 Å². The van der Waals surface area contributed by atoms with Gasteiger partial charge in [0.1, 0.15) is 0 Å². The van der Waals surface area contributed by atoms with Crippen molar-refractivity contribution in [2.75, 3.05) is 32.7 Å². The van der Waals surface area contributed by atoms with Gasteiger partial charge in [-0.25, -0.2) is 0 Å². The third-order valence-corrected chi connectivity index (χ3v) is 7.69. The lowest BCUT2D eigenvalue weighted by atomic mass is 9.36. The number of nitrogens with zero attached hydrogens (tertiary/aromatic N) is 2. The minimum atomic E-state index is 0.766. The standard InChI is InChI=1S/C20H36N2/c1-16-4-6-18(7-5-16)17(2)22-10-8-21(9-11-22)15-20-12-19(3,13-20)14-20/h16-18H,4-15H2,1-3H3/t16?,17?,18?,19-,20+. The SMILES string of the molecule is CC1CCC(C(C)N2CCN(C[C@]34C[C@@](C)(C3)C4)CC2)CC1. The molecule has 0 aromatic heterocycles. The fourth-order valence-corrected chi connectivity index (χ4v) is 6.60. The molecule has 1 aliphatic heterocycles. The van der Waals surface area contributed by atoms with Crippen LogP contribution in [0, 0.1) is 22.7 Å². The third kappa shape index (κ3) is 2.75. The van der Waals surface area contributed by atoms with Crippen molar-refractivity contribution >= 4 is 0 Å². The number of hydrogen-bond donors (Lipinski definition) is 0. The Balaban J connectivity index is 1.22. The summed E-state index contributed by atoms with van der Waals surface area (Å²) >= 11 is 0. The van der Waals surface area contributed by atoms with Gasteiger partial charge in [-0.1, -0.05) is 26.7 Å². The van der Waals surface area contributed by atoms with Crippen LogP contribution in [0.15, 0.2) is 0 Å². The molecule has 22 heavy (non-hydrogen) atoms. The summed E-state index contributed by atoms with van der Waals surface area (Å²) in [5.41, 5.74) is 1.54. The largest absolute Gasteiger partial charge is 0.300 e. The highest BCUT2D eigenvalue weighted by atomic mass is 15.3. The molecule has 5 rings (SSSR count). The Morgan fingerprint density at radius 2 is 1.55 bits per heavy atom. The van der Waals surface area contributed by atoms with Gasteiger partial charge in [0.15, 0.2) is 0 Å². The maximum Gasteiger partial charge on any atom is 0.0113 e. The Morgan fingerprint density at radius 1 is 0.955 bits per heavy atom. The van der Waals surface area contributed by atoms with Gasteiger partial charge in [0, 0.05) is 38.8 Å². The molecule has 2 nitrogen and oxygen atoms in total. The summed E-state index contributed by atoms with van der Waals surface area (Å²) < 4.78 is 0. The van der Waals surface area contributed by atoms with Crippen molar-refractivity contribution in [3.63, 3.8) is 0 Å². The molecule has 2 bridgehead atoms. The molecule has 4 saturated carbocycles. The molecule has 0 spiro atoms. The van der Waals surface area contributed by atoms with Gasteiger partial charge >= 0.3 is 0 Å². The summed E-state index contributed by atoms with van der Waals surface area (Å²) in [4.78, 5) is 5.59. The Hall–Kier alpha value is -0.0800. The van der Waals surface area contributed by atoms with Crippen molar-refractivity contribution in [1.29, 1.82) is 0 Å². The monoisotopic (exact) mass is 304 g/mol. The number of hydrogen-bond acceptors (Lipinski definition) is 2. The van der Waals surface area contributed by atoms with E-state index >= 15 is 0 Å². The summed E-state index contributed by atoms with van der Waals surface area (Å²) in [5.74, 6) is 1.95. The van der Waals surface area contributed by atoms with Gasteiger partial charge in [-0.15, -0.1) is 0 Å². The highest BCUT2D eigenvalue weighted by Gasteiger charge is 2.64. The summed E-state index contributed by atoms with van der Waals surface area (Å²) in [5, 5.41) is 0. The average molecular weight is 305 g/mol. The molecule has 0 amide bonds. The molecule has 0 N–H and O–H groups in total. The van der Waals surface area contributed by atoms with E-state index in [2.05, 4.69) is 30.6 Å². The van der Waals surface area contributed by atoms with Crippen LogP contribution in [0.2, 0.25) is 0 Å². The first-order chi connectivity index (χ1) is 10.5. The van der Waals surface area contributed by atoms with Crippen LogP contribution in [-0.4, -0.2) is 48.6 Å². The zero-order valence-electron chi connectivity index (χ0n) is 15.1. The molecule has 5 fully saturated rings. The first-order valence-electron chi connectivity index (χ1n) is 9.94. The molecule has 126 valence electrons. The van der Waals surface area contributed by atoms with E-state index in [0.29, 0.717) is 0 Å². The van der Waals surface area contributed by atoms with E-state index < -0.39 is 0 Å². The van der Waals surface area contributed by atoms with Gasteiger partial charge in [0.05, 0.1) is 0 Å². The van der Waals surface area contributed by atoms with E-state index in [1.54, 1.807) is 0 Å². The van der Waals surface area contributed by atoms with Gasteiger partial charge in [-0.05, 0) is 61.7 Å². The lowest BCUT2D eigenvalue weighted by Gasteiger charge is -2.71. The minimum Gasteiger partial charge on any atom is -0.300 e. The average Bonchev–Trinajstić information content (AvgIpc) is 2.45. The van der Waals surface area contributed by atoms with Crippen LogP contribution in [0.4, 0.5) is 0 Å². The lowest BCUT2D eigenvalue weighted by Crippen LogP contribution is -2.65. The third-order valence-electron chi connectivity index (χ3n) is 7.69. The highest BCUT2D eigenvalue weighted by molar-refractivity contribution is 5.15. The first kappa shape index (κ1) is 15.4. The van der Waals surface area contributed by atoms with Crippen molar-refractivity contribution in [3.05, 3.63) is 0 Å². The molecular formula is C20H36N2. The van der Waals surface area contributed by atoms with Crippen LogP contribution < -0.4 is 0 Å². The smallest absolute Gasteiger partial charge is 0.0113 e. The topological polar surface area (TPSA) is 6.48 Å². The second-order valence-corrected chi connectivity index (χ2v) is 9.91. The molecule has 0 aromatic carbocycles. The van der Waals surface area contributed by atoms with E-state index in [-0.39, 0.29) is 0 Å². The summed E-state index contributed by atoms with van der Waals surface area (Å²) in [6.45, 7) is 14.1. The van der Waals surface area contributed by atoms with Crippen LogP contribution in [0.5, 0.6) is 0 Å². The zero-order chi connectivity index (χ0) is 15.4.